The molecule has 1 aromatic carbocycles. The number of fused-ring (bicyclic) bond motifs is 1. The highest BCUT2D eigenvalue weighted by molar-refractivity contribution is 7.17. The number of ether oxygens (including phenoxy) is 1. The fourth-order valence-corrected chi connectivity index (χ4v) is 2.75. The van der Waals surface area contributed by atoms with Gasteiger partial charge in [0.15, 0.2) is 0 Å². The van der Waals surface area contributed by atoms with E-state index in [1.807, 2.05) is 35.7 Å². The van der Waals surface area contributed by atoms with Crippen molar-refractivity contribution in [2.75, 3.05) is 0 Å². The second-order valence-electron chi connectivity index (χ2n) is 4.25. The van der Waals surface area contributed by atoms with Crippen LogP contribution in [0, 0.1) is 0 Å². The molecule has 102 valence electrons. The molecule has 4 aromatic rings. The minimum atomic E-state index is 0.561. The summed E-state index contributed by atoms with van der Waals surface area (Å²) >= 11 is 1.56. The standard InChI is InChI=1S/C14H9N5OS/c1-2-10(19-9-15-7-18-19)6-11(3-1)20-14-13-12(4-5-21-13)16-8-17-14/h1-9H. The molecule has 3 aromatic heterocycles. The molecule has 0 unspecified atom stereocenters. The van der Waals surface area contributed by atoms with Crippen LogP contribution in [0.3, 0.4) is 0 Å². The van der Waals surface area contributed by atoms with Crippen LogP contribution in [0.4, 0.5) is 0 Å². The van der Waals surface area contributed by atoms with E-state index >= 15 is 0 Å². The minimum absolute atomic E-state index is 0.561. The lowest BCUT2D eigenvalue weighted by Gasteiger charge is -2.07. The quantitative estimate of drug-likeness (QED) is 0.581. The average molecular weight is 295 g/mol. The third kappa shape index (κ3) is 2.23. The monoisotopic (exact) mass is 295 g/mol. The first-order valence-electron chi connectivity index (χ1n) is 6.21. The average Bonchev–Trinajstić information content (AvgIpc) is 3.20. The minimum Gasteiger partial charge on any atom is -0.437 e. The number of benzene rings is 1. The Bertz CT molecular complexity index is 887. The van der Waals surface area contributed by atoms with E-state index < -0.39 is 0 Å². The SMILES string of the molecule is c1cc(Oc2ncnc3ccsc23)cc(-n2cncn2)c1. The molecule has 0 spiro atoms. The van der Waals surface area contributed by atoms with Gasteiger partial charge in [-0.2, -0.15) is 5.10 Å². The summed E-state index contributed by atoms with van der Waals surface area (Å²) in [4.78, 5) is 12.3. The second kappa shape index (κ2) is 4.95. The molecule has 0 aliphatic heterocycles. The summed E-state index contributed by atoms with van der Waals surface area (Å²) in [6.07, 6.45) is 4.64. The van der Waals surface area contributed by atoms with Gasteiger partial charge < -0.3 is 4.74 Å². The first-order chi connectivity index (χ1) is 10.4. The van der Waals surface area contributed by atoms with Crippen molar-refractivity contribution < 1.29 is 4.74 Å². The van der Waals surface area contributed by atoms with Gasteiger partial charge >= 0.3 is 0 Å². The van der Waals surface area contributed by atoms with Crippen molar-refractivity contribution >= 4 is 21.6 Å². The molecule has 0 bridgehead atoms. The summed E-state index contributed by atoms with van der Waals surface area (Å²) in [5, 5.41) is 6.07. The van der Waals surface area contributed by atoms with Gasteiger partial charge in [-0.05, 0) is 23.6 Å². The Morgan fingerprint density at radius 2 is 2.10 bits per heavy atom. The molecule has 0 radical (unpaired) electrons. The number of hydrogen-bond donors (Lipinski definition) is 0. The molecule has 0 N–H and O–H groups in total. The number of rotatable bonds is 3. The van der Waals surface area contributed by atoms with Crippen LogP contribution in [-0.2, 0) is 0 Å². The van der Waals surface area contributed by atoms with Crippen LogP contribution in [0.5, 0.6) is 11.6 Å². The van der Waals surface area contributed by atoms with Gasteiger partial charge in [-0.3, -0.25) is 0 Å². The lowest BCUT2D eigenvalue weighted by Crippen LogP contribution is -1.95. The van der Waals surface area contributed by atoms with E-state index in [1.165, 1.54) is 12.7 Å². The van der Waals surface area contributed by atoms with Gasteiger partial charge in [0, 0.05) is 6.07 Å². The molecule has 4 rings (SSSR count). The highest BCUT2D eigenvalue weighted by atomic mass is 32.1. The summed E-state index contributed by atoms with van der Waals surface area (Å²) in [6.45, 7) is 0. The van der Waals surface area contributed by atoms with Gasteiger partial charge in [0.1, 0.15) is 29.4 Å². The van der Waals surface area contributed by atoms with Gasteiger partial charge in [-0.1, -0.05) is 6.07 Å². The Morgan fingerprint density at radius 3 is 3.00 bits per heavy atom. The molecule has 0 saturated heterocycles. The summed E-state index contributed by atoms with van der Waals surface area (Å²) < 4.78 is 8.49. The lowest BCUT2D eigenvalue weighted by atomic mass is 10.3. The number of aromatic nitrogens is 5. The molecule has 21 heavy (non-hydrogen) atoms. The van der Waals surface area contributed by atoms with Crippen LogP contribution >= 0.6 is 11.3 Å². The fraction of sp³-hybridized carbons (Fsp3) is 0. The maximum absolute atomic E-state index is 5.89. The van der Waals surface area contributed by atoms with Crippen LogP contribution < -0.4 is 4.74 Å². The Hall–Kier alpha value is -2.80. The topological polar surface area (TPSA) is 65.7 Å². The van der Waals surface area contributed by atoms with Crippen molar-refractivity contribution in [1.29, 1.82) is 0 Å². The van der Waals surface area contributed by atoms with Crippen LogP contribution in [-0.4, -0.2) is 24.7 Å². The smallest absolute Gasteiger partial charge is 0.240 e. The van der Waals surface area contributed by atoms with E-state index in [1.54, 1.807) is 22.3 Å². The van der Waals surface area contributed by atoms with E-state index in [0.29, 0.717) is 11.6 Å². The van der Waals surface area contributed by atoms with Gasteiger partial charge in [-0.25, -0.2) is 19.6 Å². The first kappa shape index (κ1) is 12.0. The fourth-order valence-electron chi connectivity index (χ4n) is 1.98. The number of thiophene rings is 1. The molecular formula is C14H9N5OS. The van der Waals surface area contributed by atoms with Crippen LogP contribution in [0.15, 0.2) is 54.7 Å². The molecule has 0 fully saturated rings. The van der Waals surface area contributed by atoms with Gasteiger partial charge in [0.05, 0.1) is 11.2 Å². The third-order valence-electron chi connectivity index (χ3n) is 2.93. The van der Waals surface area contributed by atoms with Crippen molar-refractivity contribution in [3.05, 3.63) is 54.7 Å². The maximum atomic E-state index is 5.89. The molecule has 0 saturated carbocycles. The van der Waals surface area contributed by atoms with E-state index in [2.05, 4.69) is 20.1 Å². The molecule has 7 heteroatoms. The zero-order valence-corrected chi connectivity index (χ0v) is 11.6. The summed E-state index contributed by atoms with van der Waals surface area (Å²) in [5.74, 6) is 1.25. The second-order valence-corrected chi connectivity index (χ2v) is 5.17. The molecule has 0 amide bonds. The largest absolute Gasteiger partial charge is 0.437 e. The molecule has 0 aliphatic rings. The van der Waals surface area contributed by atoms with Gasteiger partial charge in [0.25, 0.3) is 0 Å². The highest BCUT2D eigenvalue weighted by Crippen LogP contribution is 2.30. The zero-order chi connectivity index (χ0) is 14.1. The predicted molar refractivity (Wildman–Crippen MR) is 78.8 cm³/mol. The molecule has 6 nitrogen and oxygen atoms in total. The van der Waals surface area contributed by atoms with Gasteiger partial charge in [0.2, 0.25) is 5.88 Å². The maximum Gasteiger partial charge on any atom is 0.240 e. The van der Waals surface area contributed by atoms with Gasteiger partial charge in [-0.15, -0.1) is 11.3 Å². The highest BCUT2D eigenvalue weighted by Gasteiger charge is 2.08. The normalized spacial score (nSPS) is 10.9. The summed E-state index contributed by atoms with van der Waals surface area (Å²) in [5.41, 5.74) is 1.76. The van der Waals surface area contributed by atoms with E-state index in [9.17, 15) is 0 Å². The molecular weight excluding hydrogens is 286 g/mol. The first-order valence-corrected chi connectivity index (χ1v) is 7.09. The lowest BCUT2D eigenvalue weighted by molar-refractivity contribution is 0.468. The Morgan fingerprint density at radius 1 is 1.10 bits per heavy atom. The van der Waals surface area contributed by atoms with E-state index in [-0.39, 0.29) is 0 Å². The van der Waals surface area contributed by atoms with E-state index in [0.717, 1.165) is 15.9 Å². The van der Waals surface area contributed by atoms with Crippen molar-refractivity contribution in [2.24, 2.45) is 0 Å². The van der Waals surface area contributed by atoms with Crippen molar-refractivity contribution in [3.8, 4) is 17.3 Å². The zero-order valence-electron chi connectivity index (χ0n) is 10.7. The summed E-state index contributed by atoms with van der Waals surface area (Å²) in [6, 6.07) is 9.54. The third-order valence-corrected chi connectivity index (χ3v) is 3.82. The van der Waals surface area contributed by atoms with E-state index in [4.69, 9.17) is 4.74 Å². The number of hydrogen-bond acceptors (Lipinski definition) is 6. The van der Waals surface area contributed by atoms with Crippen molar-refractivity contribution in [1.82, 2.24) is 24.7 Å². The Labute approximate surface area is 123 Å². The van der Waals surface area contributed by atoms with Crippen molar-refractivity contribution in [3.63, 3.8) is 0 Å². The molecule has 3 heterocycles. The molecule has 0 aliphatic carbocycles. The summed E-state index contributed by atoms with van der Waals surface area (Å²) in [7, 11) is 0. The Balaban J connectivity index is 1.71. The molecule has 0 atom stereocenters. The predicted octanol–water partition coefficient (Wildman–Crippen LogP) is 3.06. The van der Waals surface area contributed by atoms with Crippen LogP contribution in [0.2, 0.25) is 0 Å². The van der Waals surface area contributed by atoms with Crippen LogP contribution in [0.1, 0.15) is 0 Å². The number of nitrogens with zero attached hydrogens (tertiary/aromatic N) is 5. The van der Waals surface area contributed by atoms with Crippen LogP contribution in [0.25, 0.3) is 15.9 Å². The Kier molecular flexibility index (Phi) is 2.82. The van der Waals surface area contributed by atoms with Crippen molar-refractivity contribution in [2.45, 2.75) is 0 Å².